The summed E-state index contributed by atoms with van der Waals surface area (Å²) in [5, 5.41) is 3.81. The van der Waals surface area contributed by atoms with E-state index in [0.29, 0.717) is 17.6 Å². The van der Waals surface area contributed by atoms with Crippen LogP contribution in [0, 0.1) is 0 Å². The number of nitrogens with two attached hydrogens (primary N) is 1. The molecule has 5 nitrogen and oxygen atoms in total. The Morgan fingerprint density at radius 2 is 2.24 bits per heavy atom. The van der Waals surface area contributed by atoms with Crippen LogP contribution in [0.1, 0.15) is 25.7 Å². The molecular formula is C16H19N3O2. The van der Waals surface area contributed by atoms with Gasteiger partial charge in [-0.05, 0) is 43.5 Å². The van der Waals surface area contributed by atoms with Crippen molar-refractivity contribution in [1.82, 2.24) is 4.98 Å². The molecule has 3 rings (SSSR count). The van der Waals surface area contributed by atoms with Crippen LogP contribution in [0.25, 0.3) is 10.9 Å². The van der Waals surface area contributed by atoms with Gasteiger partial charge in [-0.2, -0.15) is 0 Å². The van der Waals surface area contributed by atoms with E-state index in [4.69, 9.17) is 10.5 Å². The lowest BCUT2D eigenvalue weighted by atomic mass is 9.77. The molecule has 1 aromatic carbocycles. The quantitative estimate of drug-likeness (QED) is 0.847. The molecule has 0 unspecified atom stereocenters. The molecule has 0 spiro atoms. The average molecular weight is 285 g/mol. The van der Waals surface area contributed by atoms with Gasteiger partial charge in [0.1, 0.15) is 0 Å². The molecule has 21 heavy (non-hydrogen) atoms. The Labute approximate surface area is 123 Å². The number of aromatic nitrogens is 1. The van der Waals surface area contributed by atoms with Gasteiger partial charge in [0.15, 0.2) is 0 Å². The summed E-state index contributed by atoms with van der Waals surface area (Å²) in [6.45, 7) is 0. The van der Waals surface area contributed by atoms with E-state index in [1.54, 1.807) is 19.4 Å². The van der Waals surface area contributed by atoms with Crippen LogP contribution >= 0.6 is 0 Å². The van der Waals surface area contributed by atoms with Crippen molar-refractivity contribution >= 4 is 28.2 Å². The third-order valence-corrected chi connectivity index (χ3v) is 4.26. The fourth-order valence-electron chi connectivity index (χ4n) is 2.81. The van der Waals surface area contributed by atoms with Crippen molar-refractivity contribution in [2.75, 3.05) is 18.2 Å². The van der Waals surface area contributed by atoms with Crippen molar-refractivity contribution in [2.24, 2.45) is 0 Å². The Morgan fingerprint density at radius 1 is 1.43 bits per heavy atom. The van der Waals surface area contributed by atoms with Gasteiger partial charge >= 0.3 is 0 Å². The first kappa shape index (κ1) is 13.8. The lowest BCUT2D eigenvalue weighted by molar-refractivity contribution is -0.129. The maximum atomic E-state index is 12.3. The fourth-order valence-corrected chi connectivity index (χ4v) is 2.81. The first-order chi connectivity index (χ1) is 10.1. The van der Waals surface area contributed by atoms with Crippen LogP contribution < -0.4 is 11.1 Å². The number of amides is 1. The summed E-state index contributed by atoms with van der Waals surface area (Å²) in [4.78, 5) is 16.5. The van der Waals surface area contributed by atoms with Gasteiger partial charge < -0.3 is 15.8 Å². The minimum atomic E-state index is -0.272. The summed E-state index contributed by atoms with van der Waals surface area (Å²) in [7, 11) is 1.68. The summed E-state index contributed by atoms with van der Waals surface area (Å²) in [5.41, 5.74) is 7.70. The lowest BCUT2D eigenvalue weighted by Gasteiger charge is -2.39. The molecule has 1 amide bonds. The van der Waals surface area contributed by atoms with Crippen LogP contribution in [0.4, 0.5) is 11.4 Å². The van der Waals surface area contributed by atoms with Gasteiger partial charge in [0.25, 0.3) is 0 Å². The molecule has 1 fully saturated rings. The normalized spacial score (nSPS) is 16.4. The van der Waals surface area contributed by atoms with Crippen molar-refractivity contribution in [2.45, 2.75) is 31.3 Å². The molecule has 2 aromatic rings. The topological polar surface area (TPSA) is 77.2 Å². The van der Waals surface area contributed by atoms with Crippen molar-refractivity contribution < 1.29 is 9.53 Å². The third kappa shape index (κ3) is 2.56. The molecule has 0 radical (unpaired) electrons. The number of nitrogen functional groups attached to an aromatic ring is 1. The molecule has 0 atom stereocenters. The van der Waals surface area contributed by atoms with Crippen molar-refractivity contribution in [1.29, 1.82) is 0 Å². The molecular weight excluding hydrogens is 266 g/mol. The molecule has 1 aliphatic rings. The van der Waals surface area contributed by atoms with Crippen molar-refractivity contribution in [3.05, 3.63) is 30.5 Å². The summed E-state index contributed by atoms with van der Waals surface area (Å²) < 4.78 is 5.50. The van der Waals surface area contributed by atoms with E-state index >= 15 is 0 Å². The van der Waals surface area contributed by atoms with Crippen LogP contribution in [-0.2, 0) is 9.53 Å². The number of carbonyl (C=O) groups excluding carboxylic acids is 1. The van der Waals surface area contributed by atoms with E-state index in [-0.39, 0.29) is 11.5 Å². The first-order valence-electron chi connectivity index (χ1n) is 7.12. The second-order valence-corrected chi connectivity index (χ2v) is 5.57. The summed E-state index contributed by atoms with van der Waals surface area (Å²) in [6, 6.07) is 7.32. The zero-order valence-corrected chi connectivity index (χ0v) is 12.1. The number of fused-ring (bicyclic) bond motifs is 1. The lowest BCUT2D eigenvalue weighted by Crippen LogP contribution is -2.42. The van der Waals surface area contributed by atoms with E-state index in [1.807, 2.05) is 18.2 Å². The number of methoxy groups -OCH3 is 1. The molecule has 3 N–H and O–H groups in total. The molecule has 1 aromatic heterocycles. The van der Waals surface area contributed by atoms with E-state index in [1.165, 1.54) is 0 Å². The smallest absolute Gasteiger partial charge is 0.227 e. The Balaban J connectivity index is 1.82. The fraction of sp³-hybridized carbons (Fsp3) is 0.375. The molecule has 110 valence electrons. The van der Waals surface area contributed by atoms with Crippen LogP contribution in [0.15, 0.2) is 30.5 Å². The van der Waals surface area contributed by atoms with E-state index in [9.17, 15) is 4.79 Å². The van der Waals surface area contributed by atoms with E-state index in [0.717, 1.165) is 30.3 Å². The van der Waals surface area contributed by atoms with Crippen LogP contribution in [0.3, 0.4) is 0 Å². The summed E-state index contributed by atoms with van der Waals surface area (Å²) >= 11 is 0. The number of pyridine rings is 1. The number of nitrogens with zero attached hydrogens (tertiary/aromatic N) is 1. The second kappa shape index (κ2) is 5.33. The van der Waals surface area contributed by atoms with Gasteiger partial charge in [-0.15, -0.1) is 0 Å². The van der Waals surface area contributed by atoms with Gasteiger partial charge in [0.2, 0.25) is 5.91 Å². The molecule has 0 saturated heterocycles. The van der Waals surface area contributed by atoms with Crippen molar-refractivity contribution in [3.8, 4) is 0 Å². The summed E-state index contributed by atoms with van der Waals surface area (Å²) in [6.07, 6.45) is 5.09. The monoisotopic (exact) mass is 285 g/mol. The highest BCUT2D eigenvalue weighted by Crippen LogP contribution is 2.38. The second-order valence-electron chi connectivity index (χ2n) is 5.57. The first-order valence-corrected chi connectivity index (χ1v) is 7.12. The van der Waals surface area contributed by atoms with Gasteiger partial charge in [-0.3, -0.25) is 9.78 Å². The van der Waals surface area contributed by atoms with Gasteiger partial charge in [0, 0.05) is 18.7 Å². The maximum Gasteiger partial charge on any atom is 0.227 e. The molecule has 0 bridgehead atoms. The van der Waals surface area contributed by atoms with Crippen LogP contribution in [-0.4, -0.2) is 23.6 Å². The molecule has 1 saturated carbocycles. The zero-order chi connectivity index (χ0) is 14.9. The maximum absolute atomic E-state index is 12.3. The highest BCUT2D eigenvalue weighted by molar-refractivity contribution is 6.04. The largest absolute Gasteiger partial charge is 0.397 e. The number of hydrogen-bond acceptors (Lipinski definition) is 4. The summed E-state index contributed by atoms with van der Waals surface area (Å²) in [5.74, 6) is -0.0357. The van der Waals surface area contributed by atoms with Gasteiger partial charge in [-0.25, -0.2) is 0 Å². The van der Waals surface area contributed by atoms with E-state index in [2.05, 4.69) is 10.3 Å². The Morgan fingerprint density at radius 3 is 2.90 bits per heavy atom. The number of carbonyl (C=O) groups is 1. The van der Waals surface area contributed by atoms with Gasteiger partial charge in [0.05, 0.1) is 28.9 Å². The van der Waals surface area contributed by atoms with Crippen LogP contribution in [0.2, 0.25) is 0 Å². The molecule has 5 heteroatoms. The molecule has 1 aliphatic carbocycles. The number of rotatable bonds is 4. The Kier molecular flexibility index (Phi) is 3.51. The predicted molar refractivity (Wildman–Crippen MR) is 83.0 cm³/mol. The van der Waals surface area contributed by atoms with E-state index < -0.39 is 0 Å². The Hall–Kier alpha value is -2.14. The van der Waals surface area contributed by atoms with Crippen molar-refractivity contribution in [3.63, 3.8) is 0 Å². The standard InChI is InChI=1S/C16H19N3O2/c1-21-16(7-3-8-16)10-14(20)19-13-6-5-12(17)15-11(13)4-2-9-18-15/h2,4-6,9H,3,7-8,10,17H2,1H3,(H,19,20). The SMILES string of the molecule is COC1(CC(=O)Nc2ccc(N)c3ncccc23)CCC1. The average Bonchev–Trinajstić information content (AvgIpc) is 2.46. The van der Waals surface area contributed by atoms with Gasteiger partial charge in [-0.1, -0.05) is 0 Å². The minimum absolute atomic E-state index is 0.0357. The highest BCUT2D eigenvalue weighted by Gasteiger charge is 2.39. The minimum Gasteiger partial charge on any atom is -0.397 e. The molecule has 1 heterocycles. The third-order valence-electron chi connectivity index (χ3n) is 4.26. The van der Waals surface area contributed by atoms with Crippen LogP contribution in [0.5, 0.6) is 0 Å². The predicted octanol–water partition coefficient (Wildman–Crippen LogP) is 2.71. The number of hydrogen-bond donors (Lipinski definition) is 2. The number of anilines is 2. The zero-order valence-electron chi connectivity index (χ0n) is 12.1. The Bertz CT molecular complexity index is 675. The molecule has 0 aliphatic heterocycles. The number of nitrogens with one attached hydrogen (secondary N) is 1. The number of ether oxygens (including phenoxy) is 1. The highest BCUT2D eigenvalue weighted by atomic mass is 16.5. The number of benzene rings is 1.